The lowest BCUT2D eigenvalue weighted by Crippen LogP contribution is -2.18. The molecule has 1 rings (SSSR count). The lowest BCUT2D eigenvalue weighted by atomic mass is 10.1. The number of halogens is 1. The first-order chi connectivity index (χ1) is 6.24. The highest BCUT2D eigenvalue weighted by molar-refractivity contribution is 9.10. The van der Waals surface area contributed by atoms with Crippen LogP contribution in [0.2, 0.25) is 0 Å². The molecule has 70 valence electrons. The second-order valence-electron chi connectivity index (χ2n) is 2.97. The zero-order chi connectivity index (χ0) is 9.68. The number of hydrogen-bond acceptors (Lipinski definition) is 1. The molecule has 1 unspecified atom stereocenters. The summed E-state index contributed by atoms with van der Waals surface area (Å²) >= 11 is 3.41. The van der Waals surface area contributed by atoms with Gasteiger partial charge in [-0.3, -0.25) is 0 Å². The van der Waals surface area contributed by atoms with Crippen molar-refractivity contribution >= 4 is 15.9 Å². The normalized spacial score (nSPS) is 12.5. The average Bonchev–Trinajstić information content (AvgIpc) is 2.15. The van der Waals surface area contributed by atoms with Crippen molar-refractivity contribution < 1.29 is 0 Å². The van der Waals surface area contributed by atoms with E-state index in [1.807, 2.05) is 6.08 Å². The van der Waals surface area contributed by atoms with E-state index in [4.69, 9.17) is 0 Å². The fraction of sp³-hybridized carbons (Fsp3) is 0.273. The van der Waals surface area contributed by atoms with Gasteiger partial charge in [0.05, 0.1) is 0 Å². The molecule has 0 radical (unpaired) electrons. The van der Waals surface area contributed by atoms with Gasteiger partial charge in [-0.15, -0.1) is 6.58 Å². The summed E-state index contributed by atoms with van der Waals surface area (Å²) in [6.07, 6.45) is 1.87. The number of nitrogens with one attached hydrogen (secondary N) is 1. The maximum absolute atomic E-state index is 3.67. The van der Waals surface area contributed by atoms with Gasteiger partial charge in [-0.05, 0) is 24.6 Å². The van der Waals surface area contributed by atoms with E-state index in [-0.39, 0.29) is 0 Å². The second-order valence-corrected chi connectivity index (χ2v) is 3.89. The SMILES string of the molecule is C=CCNC(C)c1ccc(Br)cc1. The Labute approximate surface area is 88.0 Å². The minimum atomic E-state index is 0.381. The molecule has 0 amide bonds. The van der Waals surface area contributed by atoms with E-state index in [2.05, 4.69) is 59.0 Å². The Morgan fingerprint density at radius 3 is 2.62 bits per heavy atom. The van der Waals surface area contributed by atoms with Crippen molar-refractivity contribution in [2.24, 2.45) is 0 Å². The van der Waals surface area contributed by atoms with Crippen molar-refractivity contribution in [2.45, 2.75) is 13.0 Å². The predicted octanol–water partition coefficient (Wildman–Crippen LogP) is 3.29. The van der Waals surface area contributed by atoms with Crippen LogP contribution in [-0.2, 0) is 0 Å². The molecule has 0 aromatic heterocycles. The maximum atomic E-state index is 3.67. The van der Waals surface area contributed by atoms with E-state index in [0.29, 0.717) is 6.04 Å². The van der Waals surface area contributed by atoms with Crippen LogP contribution in [0.3, 0.4) is 0 Å². The van der Waals surface area contributed by atoms with Crippen LogP contribution >= 0.6 is 15.9 Å². The fourth-order valence-electron chi connectivity index (χ4n) is 1.13. The third kappa shape index (κ3) is 3.33. The minimum absolute atomic E-state index is 0.381. The zero-order valence-electron chi connectivity index (χ0n) is 7.76. The largest absolute Gasteiger partial charge is 0.307 e. The number of benzene rings is 1. The highest BCUT2D eigenvalue weighted by atomic mass is 79.9. The molecule has 0 aliphatic heterocycles. The Morgan fingerprint density at radius 2 is 2.08 bits per heavy atom. The quantitative estimate of drug-likeness (QED) is 0.796. The van der Waals surface area contributed by atoms with Gasteiger partial charge in [-0.1, -0.05) is 34.1 Å². The van der Waals surface area contributed by atoms with E-state index in [9.17, 15) is 0 Å². The van der Waals surface area contributed by atoms with Gasteiger partial charge in [0.15, 0.2) is 0 Å². The van der Waals surface area contributed by atoms with E-state index >= 15 is 0 Å². The third-order valence-corrected chi connectivity index (χ3v) is 2.47. The van der Waals surface area contributed by atoms with Crippen LogP contribution < -0.4 is 5.32 Å². The molecule has 1 nitrogen and oxygen atoms in total. The summed E-state index contributed by atoms with van der Waals surface area (Å²) in [4.78, 5) is 0. The molecule has 13 heavy (non-hydrogen) atoms. The first kappa shape index (κ1) is 10.5. The Hall–Kier alpha value is -0.600. The van der Waals surface area contributed by atoms with Gasteiger partial charge in [0.2, 0.25) is 0 Å². The van der Waals surface area contributed by atoms with Crippen molar-refractivity contribution in [3.8, 4) is 0 Å². The van der Waals surface area contributed by atoms with E-state index in [0.717, 1.165) is 11.0 Å². The second kappa shape index (κ2) is 5.20. The van der Waals surface area contributed by atoms with Crippen molar-refractivity contribution in [3.05, 3.63) is 47.0 Å². The van der Waals surface area contributed by atoms with Gasteiger partial charge in [0.1, 0.15) is 0 Å². The predicted molar refractivity (Wildman–Crippen MR) is 60.8 cm³/mol. The summed E-state index contributed by atoms with van der Waals surface area (Å²) in [5, 5.41) is 3.33. The smallest absolute Gasteiger partial charge is 0.0294 e. The molecule has 0 bridgehead atoms. The van der Waals surface area contributed by atoms with Crippen LogP contribution in [0, 0.1) is 0 Å². The van der Waals surface area contributed by atoms with Crippen LogP contribution in [0.1, 0.15) is 18.5 Å². The Balaban J connectivity index is 2.60. The molecule has 1 aromatic rings. The lowest BCUT2D eigenvalue weighted by molar-refractivity contribution is 0.617. The van der Waals surface area contributed by atoms with Crippen LogP contribution in [0.4, 0.5) is 0 Å². The van der Waals surface area contributed by atoms with Crippen molar-refractivity contribution in [1.29, 1.82) is 0 Å². The summed E-state index contributed by atoms with van der Waals surface area (Å²) in [5.41, 5.74) is 1.30. The molecule has 0 aliphatic carbocycles. The number of rotatable bonds is 4. The Morgan fingerprint density at radius 1 is 1.46 bits per heavy atom. The highest BCUT2D eigenvalue weighted by Gasteiger charge is 2.01. The first-order valence-electron chi connectivity index (χ1n) is 4.34. The molecule has 1 atom stereocenters. The molecule has 0 saturated carbocycles. The van der Waals surface area contributed by atoms with Crippen molar-refractivity contribution in [3.63, 3.8) is 0 Å². The summed E-state index contributed by atoms with van der Waals surface area (Å²) < 4.78 is 1.12. The summed E-state index contributed by atoms with van der Waals surface area (Å²) in [6.45, 7) is 6.66. The van der Waals surface area contributed by atoms with Gasteiger partial charge in [0, 0.05) is 17.1 Å². The summed E-state index contributed by atoms with van der Waals surface area (Å²) in [7, 11) is 0. The topological polar surface area (TPSA) is 12.0 Å². The van der Waals surface area contributed by atoms with Crippen molar-refractivity contribution in [2.75, 3.05) is 6.54 Å². The van der Waals surface area contributed by atoms with Crippen molar-refractivity contribution in [1.82, 2.24) is 5.32 Å². The average molecular weight is 240 g/mol. The van der Waals surface area contributed by atoms with Crippen LogP contribution in [-0.4, -0.2) is 6.54 Å². The Bertz CT molecular complexity index is 266. The molecule has 1 aromatic carbocycles. The third-order valence-electron chi connectivity index (χ3n) is 1.94. The first-order valence-corrected chi connectivity index (χ1v) is 5.13. The monoisotopic (exact) mass is 239 g/mol. The summed E-state index contributed by atoms with van der Waals surface area (Å²) in [5.74, 6) is 0. The molecule has 0 fully saturated rings. The Kier molecular flexibility index (Phi) is 4.19. The molecular weight excluding hydrogens is 226 g/mol. The summed E-state index contributed by atoms with van der Waals surface area (Å²) in [6, 6.07) is 8.73. The van der Waals surface area contributed by atoms with Gasteiger partial charge in [0.25, 0.3) is 0 Å². The van der Waals surface area contributed by atoms with Gasteiger partial charge in [-0.2, -0.15) is 0 Å². The molecule has 0 aliphatic rings. The molecule has 0 heterocycles. The van der Waals surface area contributed by atoms with Gasteiger partial charge >= 0.3 is 0 Å². The van der Waals surface area contributed by atoms with E-state index < -0.39 is 0 Å². The van der Waals surface area contributed by atoms with E-state index in [1.54, 1.807) is 0 Å². The van der Waals surface area contributed by atoms with Gasteiger partial charge in [-0.25, -0.2) is 0 Å². The molecule has 2 heteroatoms. The highest BCUT2D eigenvalue weighted by Crippen LogP contribution is 2.15. The van der Waals surface area contributed by atoms with Crippen LogP contribution in [0.15, 0.2) is 41.4 Å². The number of hydrogen-bond donors (Lipinski definition) is 1. The fourth-order valence-corrected chi connectivity index (χ4v) is 1.39. The zero-order valence-corrected chi connectivity index (χ0v) is 9.34. The van der Waals surface area contributed by atoms with Crippen LogP contribution in [0.5, 0.6) is 0 Å². The molecule has 0 saturated heterocycles. The molecule has 1 N–H and O–H groups in total. The van der Waals surface area contributed by atoms with Gasteiger partial charge < -0.3 is 5.32 Å². The maximum Gasteiger partial charge on any atom is 0.0294 e. The minimum Gasteiger partial charge on any atom is -0.307 e. The molecular formula is C11H14BrN. The van der Waals surface area contributed by atoms with E-state index in [1.165, 1.54) is 5.56 Å². The lowest BCUT2D eigenvalue weighted by Gasteiger charge is -2.12. The standard InChI is InChI=1S/C11H14BrN/c1-3-8-13-9(2)10-4-6-11(12)7-5-10/h3-7,9,13H,1,8H2,2H3. The van der Waals surface area contributed by atoms with Crippen LogP contribution in [0.25, 0.3) is 0 Å². The molecule has 0 spiro atoms.